The fraction of sp³-hybridized carbons (Fsp3) is 0.333. The first-order chi connectivity index (χ1) is 5.15. The van der Waals surface area contributed by atoms with Crippen LogP contribution in [0.15, 0.2) is 16.6 Å². The normalized spacial score (nSPS) is 10.2. The van der Waals surface area contributed by atoms with Crippen molar-refractivity contribution >= 4 is 15.9 Å². The van der Waals surface area contributed by atoms with Crippen molar-refractivity contribution in [2.45, 2.75) is 20.3 Å². The van der Waals surface area contributed by atoms with E-state index < -0.39 is 0 Å². The van der Waals surface area contributed by atoms with E-state index in [2.05, 4.69) is 22.9 Å². The lowest BCUT2D eigenvalue weighted by Crippen LogP contribution is -1.89. The second-order valence-corrected chi connectivity index (χ2v) is 3.39. The third-order valence-corrected chi connectivity index (χ3v) is 2.44. The van der Waals surface area contributed by atoms with Gasteiger partial charge in [-0.05, 0) is 36.6 Å². The second kappa shape index (κ2) is 3.35. The maximum absolute atomic E-state index is 12.7. The summed E-state index contributed by atoms with van der Waals surface area (Å²) in [4.78, 5) is 0. The predicted octanol–water partition coefficient (Wildman–Crippen LogP) is 3.46. The summed E-state index contributed by atoms with van der Waals surface area (Å²) in [6.07, 6.45) is 0.937. The highest BCUT2D eigenvalue weighted by Crippen LogP contribution is 2.22. The van der Waals surface area contributed by atoms with Gasteiger partial charge in [0.15, 0.2) is 0 Å². The Balaban J connectivity index is 3.25. The van der Waals surface area contributed by atoms with Gasteiger partial charge in [-0.25, -0.2) is 4.39 Å². The number of rotatable bonds is 1. The molecule has 1 aromatic rings. The molecule has 0 fully saturated rings. The highest BCUT2D eigenvalue weighted by molar-refractivity contribution is 9.10. The molecule has 0 atom stereocenters. The second-order valence-electron chi connectivity index (χ2n) is 2.54. The molecule has 60 valence electrons. The van der Waals surface area contributed by atoms with E-state index in [4.69, 9.17) is 0 Å². The Morgan fingerprint density at radius 1 is 1.45 bits per heavy atom. The van der Waals surface area contributed by atoms with Gasteiger partial charge in [-0.1, -0.05) is 22.9 Å². The lowest BCUT2D eigenvalue weighted by Gasteiger charge is -2.04. The largest absolute Gasteiger partial charge is 0.207 e. The molecule has 0 radical (unpaired) electrons. The third kappa shape index (κ3) is 1.80. The molecule has 0 spiro atoms. The summed E-state index contributed by atoms with van der Waals surface area (Å²) >= 11 is 3.32. The molecule has 0 saturated heterocycles. The first-order valence-electron chi connectivity index (χ1n) is 3.59. The maximum Gasteiger partial charge on any atom is 0.124 e. The van der Waals surface area contributed by atoms with Gasteiger partial charge >= 0.3 is 0 Å². The molecule has 1 rings (SSSR count). The molecule has 0 aliphatic rings. The van der Waals surface area contributed by atoms with Gasteiger partial charge in [0.1, 0.15) is 5.82 Å². The summed E-state index contributed by atoms with van der Waals surface area (Å²) in [5.74, 6) is -0.174. The highest BCUT2D eigenvalue weighted by Gasteiger charge is 2.03. The molecule has 0 amide bonds. The maximum atomic E-state index is 12.7. The highest BCUT2D eigenvalue weighted by atomic mass is 79.9. The molecule has 0 N–H and O–H groups in total. The number of benzene rings is 1. The van der Waals surface area contributed by atoms with Crippen LogP contribution in [0.2, 0.25) is 0 Å². The molecule has 2 heteroatoms. The van der Waals surface area contributed by atoms with Crippen molar-refractivity contribution in [2.24, 2.45) is 0 Å². The molecule has 1 aromatic carbocycles. The Morgan fingerprint density at radius 2 is 2.09 bits per heavy atom. The van der Waals surface area contributed by atoms with Gasteiger partial charge in [0.25, 0.3) is 0 Å². The smallest absolute Gasteiger partial charge is 0.124 e. The van der Waals surface area contributed by atoms with E-state index in [9.17, 15) is 4.39 Å². The van der Waals surface area contributed by atoms with Gasteiger partial charge in [-0.3, -0.25) is 0 Å². The van der Waals surface area contributed by atoms with Crippen molar-refractivity contribution < 1.29 is 4.39 Å². The van der Waals surface area contributed by atoms with Crippen LogP contribution in [-0.2, 0) is 6.42 Å². The number of halogens is 2. The lowest BCUT2D eigenvalue weighted by atomic mass is 10.1. The van der Waals surface area contributed by atoms with Gasteiger partial charge in [0, 0.05) is 4.47 Å². The van der Waals surface area contributed by atoms with Crippen molar-refractivity contribution in [3.05, 3.63) is 33.5 Å². The van der Waals surface area contributed by atoms with Gasteiger partial charge in [-0.15, -0.1) is 0 Å². The van der Waals surface area contributed by atoms with Crippen LogP contribution in [0.5, 0.6) is 0 Å². The van der Waals surface area contributed by atoms with Crippen LogP contribution >= 0.6 is 15.9 Å². The summed E-state index contributed by atoms with van der Waals surface area (Å²) in [6, 6.07) is 3.06. The van der Waals surface area contributed by atoms with Crippen molar-refractivity contribution in [1.29, 1.82) is 0 Å². The Bertz CT molecular complexity index is 245. The first kappa shape index (κ1) is 8.72. The molecular weight excluding hydrogens is 207 g/mol. The summed E-state index contributed by atoms with van der Waals surface area (Å²) in [7, 11) is 0. The molecule has 0 aliphatic carbocycles. The molecule has 0 saturated carbocycles. The Morgan fingerprint density at radius 3 is 2.55 bits per heavy atom. The minimum absolute atomic E-state index is 0.174. The molecule has 0 aromatic heterocycles. The minimum atomic E-state index is -0.174. The SMILES string of the molecule is CCc1c(C)cc(F)cc1Br. The lowest BCUT2D eigenvalue weighted by molar-refractivity contribution is 0.624. The molecule has 0 nitrogen and oxygen atoms in total. The van der Waals surface area contributed by atoms with Crippen LogP contribution < -0.4 is 0 Å². The Hall–Kier alpha value is -0.370. The average molecular weight is 217 g/mol. The van der Waals surface area contributed by atoms with E-state index >= 15 is 0 Å². The fourth-order valence-corrected chi connectivity index (χ4v) is 1.99. The molecule has 11 heavy (non-hydrogen) atoms. The van der Waals surface area contributed by atoms with Gasteiger partial charge in [-0.2, -0.15) is 0 Å². The average Bonchev–Trinajstić information content (AvgIpc) is 1.85. The van der Waals surface area contributed by atoms with Crippen molar-refractivity contribution in [2.75, 3.05) is 0 Å². The van der Waals surface area contributed by atoms with Gasteiger partial charge in [0.05, 0.1) is 0 Å². The zero-order valence-corrected chi connectivity index (χ0v) is 8.20. The van der Waals surface area contributed by atoms with E-state index in [0.717, 1.165) is 16.5 Å². The van der Waals surface area contributed by atoms with Gasteiger partial charge < -0.3 is 0 Å². The van der Waals surface area contributed by atoms with E-state index in [1.807, 2.05) is 6.92 Å². The van der Waals surface area contributed by atoms with E-state index in [1.165, 1.54) is 11.6 Å². The fourth-order valence-electron chi connectivity index (χ4n) is 1.18. The van der Waals surface area contributed by atoms with Crippen LogP contribution in [0, 0.1) is 12.7 Å². The van der Waals surface area contributed by atoms with Crippen LogP contribution in [0.3, 0.4) is 0 Å². The van der Waals surface area contributed by atoms with E-state index in [-0.39, 0.29) is 5.82 Å². The monoisotopic (exact) mass is 216 g/mol. The Labute approximate surface area is 74.6 Å². The zero-order valence-electron chi connectivity index (χ0n) is 6.62. The number of aryl methyl sites for hydroxylation is 1. The van der Waals surface area contributed by atoms with Crippen molar-refractivity contribution in [3.8, 4) is 0 Å². The van der Waals surface area contributed by atoms with Crippen LogP contribution in [-0.4, -0.2) is 0 Å². The van der Waals surface area contributed by atoms with E-state index in [1.54, 1.807) is 6.07 Å². The zero-order chi connectivity index (χ0) is 8.43. The third-order valence-electron chi connectivity index (χ3n) is 1.74. The number of hydrogen-bond donors (Lipinski definition) is 0. The van der Waals surface area contributed by atoms with Gasteiger partial charge in [0.2, 0.25) is 0 Å². The molecule has 0 heterocycles. The molecule has 0 aliphatic heterocycles. The first-order valence-corrected chi connectivity index (χ1v) is 4.39. The van der Waals surface area contributed by atoms with Crippen LogP contribution in [0.25, 0.3) is 0 Å². The van der Waals surface area contributed by atoms with Crippen molar-refractivity contribution in [3.63, 3.8) is 0 Å². The van der Waals surface area contributed by atoms with Crippen molar-refractivity contribution in [1.82, 2.24) is 0 Å². The summed E-state index contributed by atoms with van der Waals surface area (Å²) in [5.41, 5.74) is 2.20. The molecule has 0 bridgehead atoms. The Kier molecular flexibility index (Phi) is 2.66. The summed E-state index contributed by atoms with van der Waals surface area (Å²) in [5, 5.41) is 0. The number of hydrogen-bond acceptors (Lipinski definition) is 0. The van der Waals surface area contributed by atoms with Crippen LogP contribution in [0.4, 0.5) is 4.39 Å². The topological polar surface area (TPSA) is 0 Å². The summed E-state index contributed by atoms with van der Waals surface area (Å²) in [6.45, 7) is 3.98. The molecular formula is C9H10BrF. The standard InChI is InChI=1S/C9H10BrF/c1-3-8-6(2)4-7(11)5-9(8)10/h4-5H,3H2,1-2H3. The summed E-state index contributed by atoms with van der Waals surface area (Å²) < 4.78 is 13.6. The minimum Gasteiger partial charge on any atom is -0.207 e. The van der Waals surface area contributed by atoms with Crippen LogP contribution in [0.1, 0.15) is 18.1 Å². The quantitative estimate of drug-likeness (QED) is 0.675. The molecule has 0 unspecified atom stereocenters. The predicted molar refractivity (Wildman–Crippen MR) is 48.2 cm³/mol. The van der Waals surface area contributed by atoms with E-state index in [0.29, 0.717) is 0 Å².